The molecule has 0 atom stereocenters. The molecule has 2 aromatic rings. The lowest BCUT2D eigenvalue weighted by atomic mass is 9.97. The van der Waals surface area contributed by atoms with Crippen molar-refractivity contribution in [3.8, 4) is 11.1 Å². The smallest absolute Gasteiger partial charge is 0.313 e. The molecule has 0 aliphatic heterocycles. The average molecular weight is 286 g/mol. The van der Waals surface area contributed by atoms with Crippen molar-refractivity contribution in [3.05, 3.63) is 47.4 Å². The predicted molar refractivity (Wildman–Crippen MR) is 79.2 cm³/mol. The fourth-order valence-electron chi connectivity index (χ4n) is 2.40. The number of hydrogen-bond acceptors (Lipinski definition) is 4. The number of carbonyl (C=O) groups excluding carboxylic acids is 2. The average Bonchev–Trinajstić information content (AvgIpc) is 2.76. The molecule has 1 aromatic heterocycles. The zero-order valence-corrected chi connectivity index (χ0v) is 12.4. The van der Waals surface area contributed by atoms with Crippen LogP contribution in [0.5, 0.6) is 0 Å². The Bertz CT molecular complexity index is 653. The topological polar surface area (TPSA) is 56.5 Å². The molecule has 0 spiro atoms. The zero-order chi connectivity index (χ0) is 15.4. The highest BCUT2D eigenvalue weighted by Crippen LogP contribution is 2.33. The fraction of sp³-hybridized carbons (Fsp3) is 0.294. The minimum Gasteiger partial charge on any atom is -0.466 e. The number of ether oxygens (including phenoxy) is 1. The van der Waals surface area contributed by atoms with Gasteiger partial charge in [0.2, 0.25) is 0 Å². The Morgan fingerprint density at radius 1 is 1.19 bits per heavy atom. The Labute approximate surface area is 123 Å². The van der Waals surface area contributed by atoms with Gasteiger partial charge < -0.3 is 9.15 Å². The van der Waals surface area contributed by atoms with Crippen molar-refractivity contribution in [2.75, 3.05) is 6.61 Å². The van der Waals surface area contributed by atoms with Crippen LogP contribution in [0.3, 0.4) is 0 Å². The molecule has 4 nitrogen and oxygen atoms in total. The summed E-state index contributed by atoms with van der Waals surface area (Å²) in [5, 5.41) is 0. The van der Waals surface area contributed by atoms with Gasteiger partial charge in [0.15, 0.2) is 5.78 Å². The Morgan fingerprint density at radius 2 is 1.86 bits per heavy atom. The second-order valence-electron chi connectivity index (χ2n) is 4.74. The molecule has 21 heavy (non-hydrogen) atoms. The summed E-state index contributed by atoms with van der Waals surface area (Å²) in [6.07, 6.45) is 0.0200. The second-order valence-corrected chi connectivity index (χ2v) is 4.74. The number of esters is 1. The van der Waals surface area contributed by atoms with Crippen molar-refractivity contribution in [1.82, 2.24) is 0 Å². The molecule has 1 aromatic carbocycles. The van der Waals surface area contributed by atoms with Crippen LogP contribution in [-0.4, -0.2) is 18.4 Å². The van der Waals surface area contributed by atoms with E-state index in [0.717, 1.165) is 5.56 Å². The summed E-state index contributed by atoms with van der Waals surface area (Å²) in [6, 6.07) is 9.46. The summed E-state index contributed by atoms with van der Waals surface area (Å²) in [4.78, 5) is 23.6. The van der Waals surface area contributed by atoms with Crippen molar-refractivity contribution in [2.45, 2.75) is 27.2 Å². The van der Waals surface area contributed by atoms with E-state index in [2.05, 4.69) is 0 Å². The molecule has 0 radical (unpaired) electrons. The fourth-order valence-corrected chi connectivity index (χ4v) is 2.40. The van der Waals surface area contributed by atoms with Crippen LogP contribution in [0.1, 0.15) is 35.7 Å². The van der Waals surface area contributed by atoms with Gasteiger partial charge in [0, 0.05) is 5.56 Å². The number of ketones is 1. The van der Waals surface area contributed by atoms with Crippen LogP contribution in [0.2, 0.25) is 0 Å². The van der Waals surface area contributed by atoms with Crippen molar-refractivity contribution in [1.29, 1.82) is 0 Å². The maximum absolute atomic E-state index is 11.9. The second kappa shape index (κ2) is 6.39. The number of rotatable bonds is 5. The van der Waals surface area contributed by atoms with E-state index in [-0.39, 0.29) is 18.2 Å². The molecular weight excluding hydrogens is 268 g/mol. The van der Waals surface area contributed by atoms with E-state index >= 15 is 0 Å². The van der Waals surface area contributed by atoms with E-state index in [1.807, 2.05) is 30.3 Å². The van der Waals surface area contributed by atoms with Gasteiger partial charge in [-0.2, -0.15) is 0 Å². The van der Waals surface area contributed by atoms with Crippen molar-refractivity contribution in [2.24, 2.45) is 0 Å². The maximum atomic E-state index is 11.9. The van der Waals surface area contributed by atoms with Crippen LogP contribution < -0.4 is 0 Å². The molecule has 0 saturated heterocycles. The number of aryl methyl sites for hydroxylation is 1. The third-order valence-corrected chi connectivity index (χ3v) is 3.18. The first-order valence-electron chi connectivity index (χ1n) is 6.88. The van der Waals surface area contributed by atoms with Gasteiger partial charge in [-0.3, -0.25) is 9.59 Å². The molecule has 2 rings (SSSR count). The SMILES string of the molecule is CCOC(=O)Cc1oc(C)c(C(C)=O)c1-c1ccccc1. The Morgan fingerprint density at radius 3 is 2.43 bits per heavy atom. The van der Waals surface area contributed by atoms with Crippen LogP contribution in [0.4, 0.5) is 0 Å². The largest absolute Gasteiger partial charge is 0.466 e. The number of hydrogen-bond donors (Lipinski definition) is 0. The Kier molecular flexibility index (Phi) is 4.58. The summed E-state index contributed by atoms with van der Waals surface area (Å²) in [7, 11) is 0. The van der Waals surface area contributed by atoms with E-state index in [9.17, 15) is 9.59 Å². The normalized spacial score (nSPS) is 10.4. The van der Waals surface area contributed by atoms with Gasteiger partial charge in [-0.1, -0.05) is 30.3 Å². The van der Waals surface area contributed by atoms with E-state index in [4.69, 9.17) is 9.15 Å². The summed E-state index contributed by atoms with van der Waals surface area (Å²) >= 11 is 0. The number of carbonyl (C=O) groups is 2. The molecule has 1 heterocycles. The van der Waals surface area contributed by atoms with Gasteiger partial charge in [0.05, 0.1) is 12.2 Å². The van der Waals surface area contributed by atoms with Gasteiger partial charge >= 0.3 is 5.97 Å². The molecule has 4 heteroatoms. The minimum absolute atomic E-state index is 0.0200. The van der Waals surface area contributed by atoms with Crippen LogP contribution in [0.15, 0.2) is 34.7 Å². The van der Waals surface area contributed by atoms with E-state index in [1.54, 1.807) is 13.8 Å². The highest BCUT2D eigenvalue weighted by atomic mass is 16.5. The van der Waals surface area contributed by atoms with Gasteiger partial charge in [-0.15, -0.1) is 0 Å². The van der Waals surface area contributed by atoms with Gasteiger partial charge in [0.25, 0.3) is 0 Å². The standard InChI is InChI=1S/C17H18O4/c1-4-20-15(19)10-14-17(13-8-6-5-7-9-13)16(11(2)18)12(3)21-14/h5-9H,4,10H2,1-3H3. The summed E-state index contributed by atoms with van der Waals surface area (Å²) in [6.45, 7) is 5.30. The third kappa shape index (κ3) is 3.21. The summed E-state index contributed by atoms with van der Waals surface area (Å²) in [5.74, 6) is 0.562. The molecule has 110 valence electrons. The molecule has 0 amide bonds. The van der Waals surface area contributed by atoms with E-state index in [1.165, 1.54) is 6.92 Å². The van der Waals surface area contributed by atoms with Crippen molar-refractivity contribution >= 4 is 11.8 Å². The summed E-state index contributed by atoms with van der Waals surface area (Å²) in [5.41, 5.74) is 2.08. The first kappa shape index (κ1) is 15.0. The first-order valence-corrected chi connectivity index (χ1v) is 6.88. The molecule has 0 fully saturated rings. The highest BCUT2D eigenvalue weighted by Gasteiger charge is 2.24. The highest BCUT2D eigenvalue weighted by molar-refractivity contribution is 6.02. The Balaban J connectivity index is 2.53. The predicted octanol–water partition coefficient (Wildman–Crippen LogP) is 3.56. The van der Waals surface area contributed by atoms with Crippen molar-refractivity contribution < 1.29 is 18.7 Å². The quantitative estimate of drug-likeness (QED) is 0.623. The number of benzene rings is 1. The van der Waals surface area contributed by atoms with Crippen LogP contribution in [0, 0.1) is 6.92 Å². The Hall–Kier alpha value is -2.36. The lowest BCUT2D eigenvalue weighted by molar-refractivity contribution is -0.142. The van der Waals surface area contributed by atoms with Crippen LogP contribution in [-0.2, 0) is 16.0 Å². The number of furan rings is 1. The zero-order valence-electron chi connectivity index (χ0n) is 12.4. The van der Waals surface area contributed by atoms with Gasteiger partial charge in [-0.05, 0) is 26.3 Å². The van der Waals surface area contributed by atoms with Crippen LogP contribution >= 0.6 is 0 Å². The monoisotopic (exact) mass is 286 g/mol. The first-order chi connectivity index (χ1) is 10.0. The molecule has 0 unspecified atom stereocenters. The van der Waals surface area contributed by atoms with Crippen LogP contribution in [0.25, 0.3) is 11.1 Å². The molecule has 0 aliphatic rings. The third-order valence-electron chi connectivity index (χ3n) is 3.18. The molecular formula is C17H18O4. The lowest BCUT2D eigenvalue weighted by Crippen LogP contribution is -2.08. The van der Waals surface area contributed by atoms with Gasteiger partial charge in [-0.25, -0.2) is 0 Å². The maximum Gasteiger partial charge on any atom is 0.313 e. The van der Waals surface area contributed by atoms with Gasteiger partial charge in [0.1, 0.15) is 17.9 Å². The van der Waals surface area contributed by atoms with E-state index < -0.39 is 0 Å². The lowest BCUT2D eigenvalue weighted by Gasteiger charge is -2.05. The van der Waals surface area contributed by atoms with Crippen molar-refractivity contribution in [3.63, 3.8) is 0 Å². The minimum atomic E-state index is -0.362. The van der Waals surface area contributed by atoms with E-state index in [0.29, 0.717) is 29.3 Å². The summed E-state index contributed by atoms with van der Waals surface area (Å²) < 4.78 is 10.6. The molecule has 0 bridgehead atoms. The molecule has 0 saturated carbocycles. The number of Topliss-reactive ketones (excluding diaryl/α,β-unsaturated/α-hetero) is 1. The molecule has 0 aliphatic carbocycles. The molecule has 0 N–H and O–H groups in total.